The van der Waals surface area contributed by atoms with Crippen molar-refractivity contribution in [3.8, 4) is 28.4 Å². The number of nitrogens with zero attached hydrogens (tertiary/aromatic N) is 2. The van der Waals surface area contributed by atoms with Crippen LogP contribution in [0.4, 0.5) is 0 Å². The molecule has 0 bridgehead atoms. The maximum absolute atomic E-state index is 12.5. The molecule has 0 radical (unpaired) electrons. The average molecular weight is 395 g/mol. The van der Waals surface area contributed by atoms with Gasteiger partial charge in [0.1, 0.15) is 11.5 Å². The number of hydrogen-bond acceptors (Lipinski definition) is 7. The fourth-order valence-electron chi connectivity index (χ4n) is 2.81. The van der Waals surface area contributed by atoms with Gasteiger partial charge in [-0.05, 0) is 42.8 Å². The Morgan fingerprint density at radius 2 is 1.76 bits per heavy atom. The van der Waals surface area contributed by atoms with Gasteiger partial charge in [-0.2, -0.15) is 5.10 Å². The molecule has 8 heteroatoms. The zero-order valence-electron chi connectivity index (χ0n) is 16.2. The number of benzene rings is 2. The molecule has 29 heavy (non-hydrogen) atoms. The first-order valence-electron chi connectivity index (χ1n) is 8.79. The molecule has 0 fully saturated rings. The van der Waals surface area contributed by atoms with Crippen LogP contribution in [0.1, 0.15) is 27.8 Å². The van der Waals surface area contributed by atoms with Crippen LogP contribution in [0, 0.1) is 0 Å². The van der Waals surface area contributed by atoms with E-state index in [0.29, 0.717) is 28.4 Å². The van der Waals surface area contributed by atoms with Crippen LogP contribution in [0.25, 0.3) is 16.9 Å². The minimum Gasteiger partial charge on any atom is -0.545 e. The van der Waals surface area contributed by atoms with E-state index in [1.165, 1.54) is 36.1 Å². The predicted molar refractivity (Wildman–Crippen MR) is 102 cm³/mol. The van der Waals surface area contributed by atoms with E-state index in [9.17, 15) is 14.7 Å². The zero-order chi connectivity index (χ0) is 21.0. The van der Waals surface area contributed by atoms with Gasteiger partial charge >= 0.3 is 5.97 Å². The van der Waals surface area contributed by atoms with E-state index in [1.54, 1.807) is 38.3 Å². The average Bonchev–Trinajstić information content (AvgIpc) is 3.18. The van der Waals surface area contributed by atoms with Gasteiger partial charge in [0.2, 0.25) is 0 Å². The van der Waals surface area contributed by atoms with Gasteiger partial charge in [0.25, 0.3) is 0 Å². The Morgan fingerprint density at radius 3 is 2.34 bits per heavy atom. The van der Waals surface area contributed by atoms with Gasteiger partial charge in [-0.15, -0.1) is 0 Å². The lowest BCUT2D eigenvalue weighted by Gasteiger charge is -2.09. The summed E-state index contributed by atoms with van der Waals surface area (Å²) in [6, 6.07) is 12.7. The van der Waals surface area contributed by atoms with Crippen LogP contribution in [0.3, 0.4) is 0 Å². The Labute approximate surface area is 167 Å². The lowest BCUT2D eigenvalue weighted by atomic mass is 10.1. The van der Waals surface area contributed by atoms with E-state index in [-0.39, 0.29) is 17.9 Å². The summed E-state index contributed by atoms with van der Waals surface area (Å²) in [7, 11) is 3.08. The minimum absolute atomic E-state index is 0.0237. The normalized spacial score (nSPS) is 10.4. The first kappa shape index (κ1) is 19.9. The third-order valence-electron chi connectivity index (χ3n) is 4.23. The van der Waals surface area contributed by atoms with E-state index in [4.69, 9.17) is 14.2 Å². The summed E-state index contributed by atoms with van der Waals surface area (Å²) in [5.74, 6) is -0.695. The molecular weight excluding hydrogens is 376 g/mol. The Bertz CT molecular complexity index is 1040. The first-order valence-corrected chi connectivity index (χ1v) is 8.79. The number of aromatic nitrogens is 2. The van der Waals surface area contributed by atoms with Gasteiger partial charge in [-0.1, -0.05) is 12.1 Å². The SMILES string of the molecule is CCOC(=O)c1cc(-c2ccc(OC)cc2OC)nn1-c1ccc(C(=O)[O-])cc1. The zero-order valence-corrected chi connectivity index (χ0v) is 16.2. The molecule has 3 aromatic rings. The van der Waals surface area contributed by atoms with Gasteiger partial charge in [0, 0.05) is 11.6 Å². The second-order valence-corrected chi connectivity index (χ2v) is 5.95. The molecule has 0 aliphatic rings. The van der Waals surface area contributed by atoms with Gasteiger partial charge in [0.15, 0.2) is 5.69 Å². The van der Waals surface area contributed by atoms with E-state index >= 15 is 0 Å². The molecule has 1 heterocycles. The molecule has 0 unspecified atom stereocenters. The largest absolute Gasteiger partial charge is 0.545 e. The monoisotopic (exact) mass is 395 g/mol. The summed E-state index contributed by atoms with van der Waals surface area (Å²) in [5.41, 5.74) is 1.86. The lowest BCUT2D eigenvalue weighted by Crippen LogP contribution is -2.22. The number of aromatic carboxylic acids is 1. The van der Waals surface area contributed by atoms with E-state index < -0.39 is 11.9 Å². The number of carbonyl (C=O) groups excluding carboxylic acids is 2. The van der Waals surface area contributed by atoms with Crippen molar-refractivity contribution in [1.82, 2.24) is 9.78 Å². The van der Waals surface area contributed by atoms with Crippen LogP contribution in [0.15, 0.2) is 48.5 Å². The quantitative estimate of drug-likeness (QED) is 0.565. The smallest absolute Gasteiger partial charge is 0.357 e. The minimum atomic E-state index is -1.29. The highest BCUT2D eigenvalue weighted by Crippen LogP contribution is 2.33. The number of carboxylic acid groups (broad SMARTS) is 1. The third-order valence-corrected chi connectivity index (χ3v) is 4.23. The molecule has 0 N–H and O–H groups in total. The van der Waals surface area contributed by atoms with Crippen molar-refractivity contribution in [2.45, 2.75) is 6.92 Å². The summed E-state index contributed by atoms with van der Waals surface area (Å²) >= 11 is 0. The maximum Gasteiger partial charge on any atom is 0.357 e. The molecule has 0 amide bonds. The molecule has 2 aromatic carbocycles. The van der Waals surface area contributed by atoms with Crippen LogP contribution in [0.5, 0.6) is 11.5 Å². The second-order valence-electron chi connectivity index (χ2n) is 5.95. The number of methoxy groups -OCH3 is 2. The second kappa shape index (κ2) is 8.47. The number of carbonyl (C=O) groups is 2. The molecular formula is C21H19N2O6-. The summed E-state index contributed by atoms with van der Waals surface area (Å²) in [6.07, 6.45) is 0. The van der Waals surface area contributed by atoms with Gasteiger partial charge in [-0.25, -0.2) is 9.48 Å². The van der Waals surface area contributed by atoms with Crippen molar-refractivity contribution >= 4 is 11.9 Å². The van der Waals surface area contributed by atoms with Crippen molar-refractivity contribution < 1.29 is 28.9 Å². The number of hydrogen-bond donors (Lipinski definition) is 0. The number of carboxylic acids is 1. The van der Waals surface area contributed by atoms with Crippen LogP contribution >= 0.6 is 0 Å². The Kier molecular flexibility index (Phi) is 5.82. The van der Waals surface area contributed by atoms with Crippen molar-refractivity contribution in [3.63, 3.8) is 0 Å². The molecule has 0 atom stereocenters. The van der Waals surface area contributed by atoms with Crippen LogP contribution in [-0.2, 0) is 4.74 Å². The van der Waals surface area contributed by atoms with Crippen LogP contribution in [0.2, 0.25) is 0 Å². The maximum atomic E-state index is 12.5. The highest BCUT2D eigenvalue weighted by Gasteiger charge is 2.20. The summed E-state index contributed by atoms with van der Waals surface area (Å²) in [4.78, 5) is 23.5. The van der Waals surface area contributed by atoms with Gasteiger partial charge < -0.3 is 24.1 Å². The predicted octanol–water partition coefficient (Wildman–Crippen LogP) is 2.10. The molecule has 0 aliphatic heterocycles. The van der Waals surface area contributed by atoms with E-state index in [2.05, 4.69) is 5.10 Å². The Morgan fingerprint density at radius 1 is 1.03 bits per heavy atom. The highest BCUT2D eigenvalue weighted by atomic mass is 16.5. The fourth-order valence-corrected chi connectivity index (χ4v) is 2.81. The standard InChI is InChI=1S/C21H20N2O6/c1-4-29-21(26)18-12-17(16-10-9-15(27-2)11-19(16)28-3)22-23(18)14-7-5-13(6-8-14)20(24)25/h5-12H,4H2,1-3H3,(H,24,25)/p-1. The fraction of sp³-hybridized carbons (Fsp3) is 0.190. The molecule has 1 aromatic heterocycles. The van der Waals surface area contributed by atoms with Crippen molar-refractivity contribution in [2.24, 2.45) is 0 Å². The van der Waals surface area contributed by atoms with E-state index in [0.717, 1.165) is 0 Å². The molecule has 3 rings (SSSR count). The van der Waals surface area contributed by atoms with Crippen molar-refractivity contribution in [2.75, 3.05) is 20.8 Å². The number of esters is 1. The highest BCUT2D eigenvalue weighted by molar-refractivity contribution is 5.90. The summed E-state index contributed by atoms with van der Waals surface area (Å²) in [5, 5.41) is 15.5. The van der Waals surface area contributed by atoms with Crippen molar-refractivity contribution in [1.29, 1.82) is 0 Å². The molecule has 0 aliphatic carbocycles. The first-order chi connectivity index (χ1) is 14.0. The van der Waals surface area contributed by atoms with Gasteiger partial charge in [-0.3, -0.25) is 0 Å². The summed E-state index contributed by atoms with van der Waals surface area (Å²) < 4.78 is 17.2. The van der Waals surface area contributed by atoms with Crippen LogP contribution in [-0.4, -0.2) is 42.5 Å². The molecule has 8 nitrogen and oxygen atoms in total. The summed E-state index contributed by atoms with van der Waals surface area (Å²) in [6.45, 7) is 1.91. The van der Waals surface area contributed by atoms with Crippen LogP contribution < -0.4 is 14.6 Å². The number of ether oxygens (including phenoxy) is 3. The molecule has 0 saturated carbocycles. The molecule has 150 valence electrons. The van der Waals surface area contributed by atoms with E-state index in [1.807, 2.05) is 0 Å². The topological polar surface area (TPSA) is 103 Å². The Balaban J connectivity index is 2.13. The lowest BCUT2D eigenvalue weighted by molar-refractivity contribution is -0.255. The number of rotatable bonds is 7. The molecule has 0 saturated heterocycles. The molecule has 0 spiro atoms. The third kappa shape index (κ3) is 4.06. The van der Waals surface area contributed by atoms with Gasteiger partial charge in [0.05, 0.1) is 38.2 Å². The van der Waals surface area contributed by atoms with Crippen molar-refractivity contribution in [3.05, 3.63) is 59.8 Å². The Hall–Kier alpha value is -3.81.